The normalized spacial score (nSPS) is 12.5. The summed E-state index contributed by atoms with van der Waals surface area (Å²) in [6.07, 6.45) is -4.51. The zero-order chi connectivity index (χ0) is 20.2. The van der Waals surface area contributed by atoms with E-state index in [0.29, 0.717) is 12.5 Å². The maximum atomic E-state index is 13.1. The lowest BCUT2D eigenvalue weighted by Crippen LogP contribution is -2.31. The molecule has 0 bridgehead atoms. The number of rotatable bonds is 6. The molecule has 1 aromatic heterocycles. The first-order valence-electron chi connectivity index (χ1n) is 8.04. The predicted octanol–water partition coefficient (Wildman–Crippen LogP) is 4.22. The number of aromatic amines is 1. The number of anilines is 1. The third-order valence-electron chi connectivity index (χ3n) is 3.56. The number of carbonyl (C=O) groups excluding carboxylic acids is 2. The number of aromatic nitrogens is 2. The molecule has 0 saturated carbocycles. The first-order valence-corrected chi connectivity index (χ1v) is 8.42. The van der Waals surface area contributed by atoms with Gasteiger partial charge in [-0.2, -0.15) is 18.3 Å². The van der Waals surface area contributed by atoms with Crippen molar-refractivity contribution in [2.45, 2.75) is 39.0 Å². The van der Waals surface area contributed by atoms with Crippen LogP contribution in [-0.2, 0) is 22.1 Å². The monoisotopic (exact) mass is 403 g/mol. The maximum Gasteiger partial charge on any atom is 0.418 e. The topological polar surface area (TPSA) is 84.1 Å². The number of ether oxygens (including phenoxy) is 1. The Morgan fingerprint density at radius 1 is 1.33 bits per heavy atom. The average molecular weight is 404 g/mol. The van der Waals surface area contributed by atoms with Crippen molar-refractivity contribution in [2.24, 2.45) is 0 Å². The van der Waals surface area contributed by atoms with Crippen LogP contribution in [0.3, 0.4) is 0 Å². The van der Waals surface area contributed by atoms with E-state index in [4.69, 9.17) is 16.3 Å². The van der Waals surface area contributed by atoms with Gasteiger partial charge in [0.05, 0.1) is 11.3 Å². The molecule has 0 saturated heterocycles. The largest absolute Gasteiger partial charge is 0.448 e. The predicted molar refractivity (Wildman–Crippen MR) is 92.5 cm³/mol. The first-order chi connectivity index (χ1) is 12.6. The quantitative estimate of drug-likeness (QED) is 0.707. The molecule has 1 unspecified atom stereocenters. The van der Waals surface area contributed by atoms with E-state index >= 15 is 0 Å². The molecular weight excluding hydrogens is 387 g/mol. The second-order valence-electron chi connectivity index (χ2n) is 5.75. The number of esters is 1. The zero-order valence-electron chi connectivity index (χ0n) is 14.5. The molecule has 6 nitrogen and oxygen atoms in total. The summed E-state index contributed by atoms with van der Waals surface area (Å²) >= 11 is 5.59. The molecule has 0 aliphatic rings. The molecule has 1 atom stereocenters. The highest BCUT2D eigenvalue weighted by atomic mass is 35.5. The lowest BCUT2D eigenvalue weighted by molar-refractivity contribution is -0.137. The second-order valence-corrected chi connectivity index (χ2v) is 6.19. The van der Waals surface area contributed by atoms with Crippen molar-refractivity contribution in [3.8, 4) is 0 Å². The van der Waals surface area contributed by atoms with Gasteiger partial charge in [-0.05, 0) is 37.6 Å². The van der Waals surface area contributed by atoms with E-state index in [2.05, 4.69) is 15.5 Å². The molecule has 0 aliphatic heterocycles. The van der Waals surface area contributed by atoms with Gasteiger partial charge in [0.15, 0.2) is 11.8 Å². The van der Waals surface area contributed by atoms with Gasteiger partial charge in [-0.1, -0.05) is 24.9 Å². The van der Waals surface area contributed by atoms with Crippen molar-refractivity contribution in [1.82, 2.24) is 10.2 Å². The molecular formula is C17H17ClF3N3O3. The highest BCUT2D eigenvalue weighted by molar-refractivity contribution is 6.30. The number of H-pyrrole nitrogens is 1. The summed E-state index contributed by atoms with van der Waals surface area (Å²) < 4.78 is 44.2. The molecule has 27 heavy (non-hydrogen) atoms. The van der Waals surface area contributed by atoms with E-state index in [1.807, 2.05) is 6.92 Å². The van der Waals surface area contributed by atoms with Gasteiger partial charge in [0, 0.05) is 10.7 Å². The molecule has 1 amide bonds. The van der Waals surface area contributed by atoms with E-state index < -0.39 is 35.4 Å². The van der Waals surface area contributed by atoms with Crippen LogP contribution in [0.2, 0.25) is 5.02 Å². The van der Waals surface area contributed by atoms with Crippen molar-refractivity contribution >= 4 is 29.2 Å². The summed E-state index contributed by atoms with van der Waals surface area (Å²) in [5, 5.41) is 8.44. The Labute approximate surface area is 158 Å². The Hall–Kier alpha value is -2.55. The van der Waals surface area contributed by atoms with Crippen LogP contribution >= 0.6 is 11.6 Å². The number of amides is 1. The summed E-state index contributed by atoms with van der Waals surface area (Å²) in [6, 6.07) is 4.44. The van der Waals surface area contributed by atoms with E-state index in [1.165, 1.54) is 19.1 Å². The van der Waals surface area contributed by atoms with Gasteiger partial charge >= 0.3 is 12.1 Å². The van der Waals surface area contributed by atoms with Crippen molar-refractivity contribution in [3.63, 3.8) is 0 Å². The fourth-order valence-electron chi connectivity index (χ4n) is 2.23. The summed E-state index contributed by atoms with van der Waals surface area (Å²) in [5.41, 5.74) is -0.860. The second kappa shape index (κ2) is 8.43. The van der Waals surface area contributed by atoms with Gasteiger partial charge in [-0.25, -0.2) is 4.79 Å². The minimum Gasteiger partial charge on any atom is -0.448 e. The molecule has 1 heterocycles. The molecule has 146 valence electrons. The standard InChI is InChI=1S/C17H17ClF3N3O3/c1-3-4-11-8-14(24-23-11)16(26)27-9(2)15(25)22-13-6-5-10(18)7-12(13)17(19,20)21/h5-9H,3-4H2,1-2H3,(H,22,25)(H,23,24). The smallest absolute Gasteiger partial charge is 0.418 e. The van der Waals surface area contributed by atoms with E-state index in [9.17, 15) is 22.8 Å². The molecule has 0 aliphatic carbocycles. The highest BCUT2D eigenvalue weighted by Crippen LogP contribution is 2.36. The number of alkyl halides is 3. The van der Waals surface area contributed by atoms with Crippen molar-refractivity contribution in [3.05, 3.63) is 46.2 Å². The number of nitrogens with zero attached hydrogens (tertiary/aromatic N) is 1. The number of carbonyl (C=O) groups is 2. The fourth-order valence-corrected chi connectivity index (χ4v) is 2.40. The van der Waals surface area contributed by atoms with Crippen molar-refractivity contribution in [1.29, 1.82) is 0 Å². The van der Waals surface area contributed by atoms with E-state index in [0.717, 1.165) is 18.2 Å². The number of hydrogen-bond acceptors (Lipinski definition) is 4. The van der Waals surface area contributed by atoms with Crippen LogP contribution in [0, 0.1) is 0 Å². The average Bonchev–Trinajstić information content (AvgIpc) is 3.04. The Kier molecular flexibility index (Phi) is 6.48. The fraction of sp³-hybridized carbons (Fsp3) is 0.353. The number of nitrogens with one attached hydrogen (secondary N) is 2. The van der Waals surface area contributed by atoms with E-state index in [1.54, 1.807) is 0 Å². The van der Waals surface area contributed by atoms with Crippen LogP contribution in [0.1, 0.15) is 42.0 Å². The minimum absolute atomic E-state index is 0.0134. The molecule has 2 rings (SSSR count). The summed E-state index contributed by atoms with van der Waals surface area (Å²) in [4.78, 5) is 24.2. The van der Waals surface area contributed by atoms with Gasteiger partial charge in [0.2, 0.25) is 0 Å². The van der Waals surface area contributed by atoms with Crippen LogP contribution in [0.5, 0.6) is 0 Å². The molecule has 0 spiro atoms. The highest BCUT2D eigenvalue weighted by Gasteiger charge is 2.34. The number of halogens is 4. The zero-order valence-corrected chi connectivity index (χ0v) is 15.2. The SMILES string of the molecule is CCCc1cc(C(=O)OC(C)C(=O)Nc2ccc(Cl)cc2C(F)(F)F)n[nH]1. The third-order valence-corrected chi connectivity index (χ3v) is 3.79. The van der Waals surface area contributed by atoms with Crippen molar-refractivity contribution < 1.29 is 27.5 Å². The molecule has 2 N–H and O–H groups in total. The Morgan fingerprint density at radius 3 is 2.67 bits per heavy atom. The van der Waals surface area contributed by atoms with Gasteiger partial charge < -0.3 is 10.1 Å². The Balaban J connectivity index is 2.06. The Bertz CT molecular complexity index is 836. The summed E-state index contributed by atoms with van der Waals surface area (Å²) in [6.45, 7) is 3.20. The molecule has 0 fully saturated rings. The molecule has 2 aromatic rings. The lowest BCUT2D eigenvalue weighted by atomic mass is 10.1. The lowest BCUT2D eigenvalue weighted by Gasteiger charge is -2.16. The van der Waals surface area contributed by atoms with Gasteiger partial charge in [-0.3, -0.25) is 9.89 Å². The molecule has 10 heteroatoms. The Morgan fingerprint density at radius 2 is 2.04 bits per heavy atom. The number of hydrogen-bond donors (Lipinski definition) is 2. The van der Waals surface area contributed by atoms with Gasteiger partial charge in [0.25, 0.3) is 5.91 Å². The minimum atomic E-state index is -4.71. The summed E-state index contributed by atoms with van der Waals surface area (Å²) in [7, 11) is 0. The van der Waals surface area contributed by atoms with Crippen molar-refractivity contribution in [2.75, 3.05) is 5.32 Å². The van der Waals surface area contributed by atoms with E-state index in [-0.39, 0.29) is 10.7 Å². The summed E-state index contributed by atoms with van der Waals surface area (Å²) in [5.74, 6) is -1.77. The molecule has 0 radical (unpaired) electrons. The third kappa shape index (κ3) is 5.46. The number of aryl methyl sites for hydroxylation is 1. The van der Waals surface area contributed by atoms with Gasteiger partial charge in [0.1, 0.15) is 0 Å². The van der Waals surface area contributed by atoms with Crippen LogP contribution in [0.15, 0.2) is 24.3 Å². The van der Waals surface area contributed by atoms with Crippen LogP contribution in [0.25, 0.3) is 0 Å². The van der Waals surface area contributed by atoms with Crippen LogP contribution in [-0.4, -0.2) is 28.2 Å². The van der Waals surface area contributed by atoms with Gasteiger partial charge in [-0.15, -0.1) is 0 Å². The van der Waals surface area contributed by atoms with Crippen LogP contribution < -0.4 is 5.32 Å². The van der Waals surface area contributed by atoms with Crippen LogP contribution in [0.4, 0.5) is 18.9 Å². The first kappa shape index (κ1) is 20.8. The number of benzene rings is 1. The maximum absolute atomic E-state index is 13.1. The molecule has 1 aromatic carbocycles.